The molecule has 1 aliphatic carbocycles. The van der Waals surface area contributed by atoms with Crippen LogP contribution < -0.4 is 4.74 Å². The van der Waals surface area contributed by atoms with Crippen molar-refractivity contribution in [3.8, 4) is 5.75 Å². The van der Waals surface area contributed by atoms with E-state index in [2.05, 4.69) is 38.8 Å². The summed E-state index contributed by atoms with van der Waals surface area (Å²) in [5.74, 6) is 1.14. The van der Waals surface area contributed by atoms with E-state index < -0.39 is 0 Å². The zero-order valence-electron chi connectivity index (χ0n) is 11.7. The summed E-state index contributed by atoms with van der Waals surface area (Å²) in [5.41, 5.74) is 0.948. The normalized spacial score (nSPS) is 26.9. The minimum absolute atomic E-state index is 0.162. The summed E-state index contributed by atoms with van der Waals surface area (Å²) in [4.78, 5) is 0. The topological polar surface area (TPSA) is 47.3 Å². The molecule has 2 aromatic rings. The van der Waals surface area contributed by atoms with Gasteiger partial charge in [-0.05, 0) is 47.2 Å². The minimum atomic E-state index is -0.162. The number of fused-ring (bicyclic) bond motifs is 1. The molecule has 0 amide bonds. The van der Waals surface area contributed by atoms with Crippen molar-refractivity contribution in [3.05, 3.63) is 22.8 Å². The molecule has 1 fully saturated rings. The lowest BCUT2D eigenvalue weighted by Gasteiger charge is -2.31. The van der Waals surface area contributed by atoms with Gasteiger partial charge >= 0.3 is 0 Å². The summed E-state index contributed by atoms with van der Waals surface area (Å²) in [6, 6.07) is 4.38. The Morgan fingerprint density at radius 3 is 2.90 bits per heavy atom. The molecule has 20 heavy (non-hydrogen) atoms. The van der Waals surface area contributed by atoms with Gasteiger partial charge in [-0.3, -0.25) is 4.68 Å². The van der Waals surface area contributed by atoms with Gasteiger partial charge in [0.05, 0.1) is 29.2 Å². The van der Waals surface area contributed by atoms with Crippen LogP contribution in [0.25, 0.3) is 10.9 Å². The van der Waals surface area contributed by atoms with Crippen molar-refractivity contribution >= 4 is 26.8 Å². The molecule has 3 unspecified atom stereocenters. The van der Waals surface area contributed by atoms with E-state index in [4.69, 9.17) is 4.74 Å². The molecule has 0 aliphatic heterocycles. The lowest BCUT2D eigenvalue weighted by atomic mass is 9.85. The van der Waals surface area contributed by atoms with Gasteiger partial charge in [0.2, 0.25) is 0 Å². The third-order valence-corrected chi connectivity index (χ3v) is 4.89. The van der Waals surface area contributed by atoms with Crippen molar-refractivity contribution in [1.29, 1.82) is 0 Å². The first kappa shape index (κ1) is 13.9. The van der Waals surface area contributed by atoms with Gasteiger partial charge in [0.1, 0.15) is 5.75 Å². The van der Waals surface area contributed by atoms with Gasteiger partial charge in [0.25, 0.3) is 0 Å². The van der Waals surface area contributed by atoms with Gasteiger partial charge in [0.15, 0.2) is 0 Å². The molecule has 0 radical (unpaired) electrons. The monoisotopic (exact) mass is 338 g/mol. The van der Waals surface area contributed by atoms with Crippen molar-refractivity contribution in [2.75, 3.05) is 7.11 Å². The number of hydrogen-bond donors (Lipinski definition) is 1. The predicted molar refractivity (Wildman–Crippen MR) is 82.0 cm³/mol. The van der Waals surface area contributed by atoms with E-state index in [1.54, 1.807) is 7.11 Å². The third kappa shape index (κ3) is 2.44. The highest BCUT2D eigenvalue weighted by Gasteiger charge is 2.27. The van der Waals surface area contributed by atoms with Gasteiger partial charge in [-0.1, -0.05) is 6.92 Å². The standard InChI is InChI=1S/C15H19BrN2O2/c1-9-5-11(3-4-14(9)19)18-8-10-6-12(16)15(20-2)7-13(10)17-18/h6-9,11,14,19H,3-5H2,1-2H3. The fraction of sp³-hybridized carbons (Fsp3) is 0.533. The third-order valence-electron chi connectivity index (χ3n) is 4.27. The second kappa shape index (κ2) is 5.37. The molecule has 3 atom stereocenters. The summed E-state index contributed by atoms with van der Waals surface area (Å²) in [5, 5.41) is 15.6. The van der Waals surface area contributed by atoms with Crippen LogP contribution in [0.5, 0.6) is 5.75 Å². The summed E-state index contributed by atoms with van der Waals surface area (Å²) in [6.07, 6.45) is 4.75. The number of halogens is 1. The number of hydrogen-bond acceptors (Lipinski definition) is 3. The Labute approximate surface area is 126 Å². The second-order valence-electron chi connectivity index (χ2n) is 5.67. The number of aromatic nitrogens is 2. The number of benzene rings is 1. The van der Waals surface area contributed by atoms with E-state index in [1.807, 2.05) is 12.1 Å². The van der Waals surface area contributed by atoms with Crippen LogP contribution >= 0.6 is 15.9 Å². The highest BCUT2D eigenvalue weighted by molar-refractivity contribution is 9.10. The van der Waals surface area contributed by atoms with E-state index in [9.17, 15) is 5.11 Å². The Balaban J connectivity index is 1.93. The van der Waals surface area contributed by atoms with Crippen LogP contribution in [0.1, 0.15) is 32.2 Å². The largest absolute Gasteiger partial charge is 0.495 e. The first-order valence-electron chi connectivity index (χ1n) is 6.99. The number of nitrogens with zero attached hydrogens (tertiary/aromatic N) is 2. The van der Waals surface area contributed by atoms with E-state index >= 15 is 0 Å². The molecule has 1 saturated carbocycles. The molecule has 1 heterocycles. The zero-order valence-corrected chi connectivity index (χ0v) is 13.3. The molecule has 0 saturated heterocycles. The van der Waals surface area contributed by atoms with Crippen LogP contribution in [0.2, 0.25) is 0 Å². The van der Waals surface area contributed by atoms with Crippen LogP contribution in [-0.2, 0) is 0 Å². The first-order chi connectivity index (χ1) is 9.58. The Hall–Kier alpha value is -1.07. The molecular weight excluding hydrogens is 320 g/mol. The highest BCUT2D eigenvalue weighted by Crippen LogP contribution is 2.34. The SMILES string of the molecule is COc1cc2nn(C3CCC(O)C(C)C3)cc2cc1Br. The van der Waals surface area contributed by atoms with Crippen molar-refractivity contribution in [1.82, 2.24) is 9.78 Å². The molecule has 1 aliphatic rings. The molecule has 4 nitrogen and oxygen atoms in total. The average Bonchev–Trinajstić information content (AvgIpc) is 2.83. The quantitative estimate of drug-likeness (QED) is 0.911. The summed E-state index contributed by atoms with van der Waals surface area (Å²) in [6.45, 7) is 2.11. The number of aliphatic hydroxyl groups is 1. The lowest BCUT2D eigenvalue weighted by Crippen LogP contribution is -2.28. The Kier molecular flexibility index (Phi) is 3.73. The lowest BCUT2D eigenvalue weighted by molar-refractivity contribution is 0.0574. The molecule has 1 N–H and O–H groups in total. The number of rotatable bonds is 2. The minimum Gasteiger partial charge on any atom is -0.495 e. The van der Waals surface area contributed by atoms with Crippen LogP contribution in [0.3, 0.4) is 0 Å². The van der Waals surface area contributed by atoms with Crippen LogP contribution in [0, 0.1) is 5.92 Å². The molecule has 0 spiro atoms. The van der Waals surface area contributed by atoms with Gasteiger partial charge in [-0.25, -0.2) is 0 Å². The molecule has 3 rings (SSSR count). The number of ether oxygens (including phenoxy) is 1. The summed E-state index contributed by atoms with van der Waals surface area (Å²) >= 11 is 3.51. The van der Waals surface area contributed by atoms with Gasteiger partial charge < -0.3 is 9.84 Å². The maximum atomic E-state index is 9.83. The van der Waals surface area contributed by atoms with Crippen molar-refractivity contribution < 1.29 is 9.84 Å². The first-order valence-corrected chi connectivity index (χ1v) is 7.78. The number of aliphatic hydroxyl groups excluding tert-OH is 1. The van der Waals surface area contributed by atoms with Crippen LogP contribution in [-0.4, -0.2) is 28.1 Å². The van der Waals surface area contributed by atoms with Gasteiger partial charge in [-0.15, -0.1) is 0 Å². The van der Waals surface area contributed by atoms with Crippen molar-refractivity contribution in [3.63, 3.8) is 0 Å². The molecular formula is C15H19BrN2O2. The summed E-state index contributed by atoms with van der Waals surface area (Å²) < 4.78 is 8.31. The molecule has 0 bridgehead atoms. The van der Waals surface area contributed by atoms with E-state index in [0.29, 0.717) is 12.0 Å². The second-order valence-corrected chi connectivity index (χ2v) is 6.52. The number of methoxy groups -OCH3 is 1. The van der Waals surface area contributed by atoms with Crippen LogP contribution in [0.15, 0.2) is 22.8 Å². The maximum absolute atomic E-state index is 9.83. The van der Waals surface area contributed by atoms with E-state index in [1.165, 1.54) is 0 Å². The van der Waals surface area contributed by atoms with E-state index in [0.717, 1.165) is 40.4 Å². The average molecular weight is 339 g/mol. The highest BCUT2D eigenvalue weighted by atomic mass is 79.9. The maximum Gasteiger partial charge on any atom is 0.135 e. The van der Waals surface area contributed by atoms with Crippen molar-refractivity contribution in [2.24, 2.45) is 5.92 Å². The van der Waals surface area contributed by atoms with Gasteiger partial charge in [-0.2, -0.15) is 5.10 Å². The van der Waals surface area contributed by atoms with E-state index in [-0.39, 0.29) is 6.10 Å². The molecule has 108 valence electrons. The fourth-order valence-corrected chi connectivity index (χ4v) is 3.50. The Morgan fingerprint density at radius 1 is 1.40 bits per heavy atom. The zero-order chi connectivity index (χ0) is 14.3. The molecule has 1 aromatic heterocycles. The Bertz CT molecular complexity index is 626. The Morgan fingerprint density at radius 2 is 2.20 bits per heavy atom. The van der Waals surface area contributed by atoms with Gasteiger partial charge in [0, 0.05) is 17.6 Å². The molecule has 1 aromatic carbocycles. The smallest absolute Gasteiger partial charge is 0.135 e. The predicted octanol–water partition coefficient (Wildman–Crippen LogP) is 3.53. The molecule has 5 heteroatoms. The summed E-state index contributed by atoms with van der Waals surface area (Å²) in [7, 11) is 1.66. The van der Waals surface area contributed by atoms with Crippen LogP contribution in [0.4, 0.5) is 0 Å². The van der Waals surface area contributed by atoms with Crippen molar-refractivity contribution in [2.45, 2.75) is 38.3 Å². The fourth-order valence-electron chi connectivity index (χ4n) is 2.98.